The second-order valence-electron chi connectivity index (χ2n) is 5.14. The smallest absolute Gasteiger partial charge is 0.165 e. The molecule has 1 heterocycles. The van der Waals surface area contributed by atoms with Gasteiger partial charge in [0.05, 0.1) is 21.9 Å². The Kier molecular flexibility index (Phi) is 5.43. The Morgan fingerprint density at radius 3 is 2.67 bits per heavy atom. The van der Waals surface area contributed by atoms with Gasteiger partial charge in [0.25, 0.3) is 0 Å². The monoisotopic (exact) mass is 461 g/mol. The van der Waals surface area contributed by atoms with Crippen molar-refractivity contribution in [2.45, 2.75) is 20.3 Å². The number of methoxy groups -OCH3 is 1. The summed E-state index contributed by atoms with van der Waals surface area (Å²) >= 11 is 5.68. The van der Waals surface area contributed by atoms with Crippen molar-refractivity contribution in [3.8, 4) is 17.1 Å². The van der Waals surface area contributed by atoms with Crippen LogP contribution in [0.5, 0.6) is 5.75 Å². The van der Waals surface area contributed by atoms with Gasteiger partial charge >= 0.3 is 0 Å². The molecule has 112 valence electrons. The summed E-state index contributed by atoms with van der Waals surface area (Å²) in [6.07, 6.45) is 0.869. The van der Waals surface area contributed by atoms with Gasteiger partial charge in [-0.3, -0.25) is 0 Å². The Hall–Kier alpha value is -0.890. The Bertz CT molecular complexity index is 662. The number of nitrogens with two attached hydrogens (primary N) is 1. The fourth-order valence-corrected chi connectivity index (χ4v) is 2.83. The third-order valence-corrected chi connectivity index (χ3v) is 4.62. The Morgan fingerprint density at radius 1 is 1.33 bits per heavy atom. The van der Waals surface area contributed by atoms with Crippen LogP contribution in [0.2, 0.25) is 0 Å². The van der Waals surface area contributed by atoms with Crippen LogP contribution < -0.4 is 10.5 Å². The van der Waals surface area contributed by atoms with Crippen molar-refractivity contribution in [1.82, 2.24) is 9.97 Å². The van der Waals surface area contributed by atoms with Crippen LogP contribution in [0, 0.1) is 9.49 Å². The highest BCUT2D eigenvalue weighted by Crippen LogP contribution is 2.32. The Labute approximate surface area is 146 Å². The molecule has 0 fully saturated rings. The minimum absolute atomic E-state index is 0.505. The van der Waals surface area contributed by atoms with E-state index in [0.29, 0.717) is 17.6 Å². The maximum atomic E-state index is 6.05. The van der Waals surface area contributed by atoms with E-state index < -0.39 is 0 Å². The second kappa shape index (κ2) is 6.91. The topological polar surface area (TPSA) is 61.0 Å². The second-order valence-corrected chi connectivity index (χ2v) is 7.13. The first-order valence-corrected chi connectivity index (χ1v) is 8.45. The number of rotatable bonds is 4. The van der Waals surface area contributed by atoms with Crippen LogP contribution in [0.15, 0.2) is 22.7 Å². The number of aromatic nitrogens is 2. The standard InChI is InChI=1S/C15H17BrIN3O/c1-8(2)6-11-13(17)14(18)20-15(19-11)10-7-9(16)4-5-12(10)21-3/h4-5,7-8H,6H2,1-3H3,(H2,18,19,20). The van der Waals surface area contributed by atoms with Crippen LogP contribution in [0.1, 0.15) is 19.5 Å². The lowest BCUT2D eigenvalue weighted by molar-refractivity contribution is 0.416. The number of nitrogens with zero attached hydrogens (tertiary/aromatic N) is 2. The zero-order valence-electron chi connectivity index (χ0n) is 12.2. The molecule has 21 heavy (non-hydrogen) atoms. The summed E-state index contributed by atoms with van der Waals surface area (Å²) in [4.78, 5) is 9.11. The number of anilines is 1. The van der Waals surface area contributed by atoms with Crippen LogP contribution in [-0.4, -0.2) is 17.1 Å². The highest BCUT2D eigenvalue weighted by molar-refractivity contribution is 14.1. The first-order valence-electron chi connectivity index (χ1n) is 6.58. The zero-order chi connectivity index (χ0) is 15.6. The van der Waals surface area contributed by atoms with Crippen LogP contribution in [0.25, 0.3) is 11.4 Å². The van der Waals surface area contributed by atoms with Gasteiger partial charge in [-0.1, -0.05) is 29.8 Å². The molecule has 0 atom stereocenters. The minimum Gasteiger partial charge on any atom is -0.496 e. The van der Waals surface area contributed by atoms with Gasteiger partial charge < -0.3 is 10.5 Å². The molecule has 2 aromatic rings. The third kappa shape index (κ3) is 3.85. The number of hydrogen-bond acceptors (Lipinski definition) is 4. The summed E-state index contributed by atoms with van der Waals surface area (Å²) in [5, 5.41) is 0. The molecule has 0 aliphatic carbocycles. The number of nitrogen functional groups attached to an aromatic ring is 1. The molecule has 0 unspecified atom stereocenters. The molecule has 0 saturated heterocycles. The summed E-state index contributed by atoms with van der Waals surface area (Å²) in [7, 11) is 1.64. The molecule has 2 rings (SSSR count). The van der Waals surface area contributed by atoms with Crippen molar-refractivity contribution in [1.29, 1.82) is 0 Å². The van der Waals surface area contributed by atoms with Gasteiger partial charge in [-0.2, -0.15) is 0 Å². The summed E-state index contributed by atoms with van der Waals surface area (Å²) < 4.78 is 7.28. The summed E-state index contributed by atoms with van der Waals surface area (Å²) in [5.74, 6) is 2.35. The first-order chi connectivity index (χ1) is 9.92. The van der Waals surface area contributed by atoms with Crippen LogP contribution in [0.3, 0.4) is 0 Å². The summed E-state index contributed by atoms with van der Waals surface area (Å²) in [6.45, 7) is 4.32. The molecule has 6 heteroatoms. The summed E-state index contributed by atoms with van der Waals surface area (Å²) in [6, 6.07) is 5.76. The fourth-order valence-electron chi connectivity index (χ4n) is 2.01. The van der Waals surface area contributed by atoms with E-state index in [1.165, 1.54) is 0 Å². The van der Waals surface area contributed by atoms with Crippen molar-refractivity contribution < 1.29 is 4.74 Å². The van der Waals surface area contributed by atoms with E-state index in [2.05, 4.69) is 57.4 Å². The quantitative estimate of drug-likeness (QED) is 0.689. The van der Waals surface area contributed by atoms with Crippen molar-refractivity contribution in [3.63, 3.8) is 0 Å². The normalized spacial score (nSPS) is 11.0. The van der Waals surface area contributed by atoms with Gasteiger partial charge in [0.2, 0.25) is 0 Å². The molecular formula is C15H17BrIN3O. The summed E-state index contributed by atoms with van der Waals surface area (Å²) in [5.41, 5.74) is 7.87. The molecule has 0 radical (unpaired) electrons. The average molecular weight is 462 g/mol. The fraction of sp³-hybridized carbons (Fsp3) is 0.333. The van der Waals surface area contributed by atoms with E-state index in [1.54, 1.807) is 7.11 Å². The third-order valence-electron chi connectivity index (χ3n) is 2.95. The number of ether oxygens (including phenoxy) is 1. The van der Waals surface area contributed by atoms with E-state index >= 15 is 0 Å². The molecule has 0 spiro atoms. The molecule has 0 aliphatic rings. The predicted octanol–water partition coefficient (Wildman–Crippen LogP) is 4.30. The van der Waals surface area contributed by atoms with Crippen molar-refractivity contribution in [2.24, 2.45) is 5.92 Å². The zero-order valence-corrected chi connectivity index (χ0v) is 15.9. The van der Waals surface area contributed by atoms with Gasteiger partial charge in [0, 0.05) is 4.47 Å². The molecule has 0 aliphatic heterocycles. The maximum Gasteiger partial charge on any atom is 0.165 e. The van der Waals surface area contributed by atoms with Crippen LogP contribution in [-0.2, 0) is 6.42 Å². The van der Waals surface area contributed by atoms with Gasteiger partial charge in [0.1, 0.15) is 11.6 Å². The average Bonchev–Trinajstić information content (AvgIpc) is 2.43. The predicted molar refractivity (Wildman–Crippen MR) is 97.4 cm³/mol. The molecule has 4 nitrogen and oxygen atoms in total. The lowest BCUT2D eigenvalue weighted by atomic mass is 10.1. The van der Waals surface area contributed by atoms with Crippen molar-refractivity contribution in [2.75, 3.05) is 12.8 Å². The lowest BCUT2D eigenvalue weighted by Crippen LogP contribution is -2.08. The number of halogens is 2. The minimum atomic E-state index is 0.505. The number of benzene rings is 1. The Morgan fingerprint density at radius 2 is 2.05 bits per heavy atom. The van der Waals surface area contributed by atoms with E-state index in [-0.39, 0.29) is 0 Å². The maximum absolute atomic E-state index is 6.05. The molecule has 0 amide bonds. The molecule has 2 N–H and O–H groups in total. The van der Waals surface area contributed by atoms with E-state index in [1.807, 2.05) is 18.2 Å². The van der Waals surface area contributed by atoms with E-state index in [4.69, 9.17) is 15.5 Å². The molecular weight excluding hydrogens is 445 g/mol. The highest BCUT2D eigenvalue weighted by atomic mass is 127. The first kappa shape index (κ1) is 16.5. The van der Waals surface area contributed by atoms with E-state index in [0.717, 1.165) is 31.5 Å². The van der Waals surface area contributed by atoms with Gasteiger partial charge in [-0.25, -0.2) is 9.97 Å². The molecule has 0 saturated carbocycles. The molecule has 0 bridgehead atoms. The number of hydrogen-bond donors (Lipinski definition) is 1. The lowest BCUT2D eigenvalue weighted by Gasteiger charge is -2.13. The van der Waals surface area contributed by atoms with Crippen molar-refractivity contribution in [3.05, 3.63) is 31.9 Å². The van der Waals surface area contributed by atoms with Crippen LogP contribution in [0.4, 0.5) is 5.82 Å². The SMILES string of the molecule is COc1ccc(Br)cc1-c1nc(N)c(I)c(CC(C)C)n1. The molecule has 1 aromatic heterocycles. The van der Waals surface area contributed by atoms with Gasteiger partial charge in [-0.15, -0.1) is 0 Å². The van der Waals surface area contributed by atoms with Crippen molar-refractivity contribution >= 4 is 44.3 Å². The largest absolute Gasteiger partial charge is 0.496 e. The highest BCUT2D eigenvalue weighted by Gasteiger charge is 2.15. The van der Waals surface area contributed by atoms with Crippen LogP contribution >= 0.6 is 38.5 Å². The Balaban J connectivity index is 2.59. The van der Waals surface area contributed by atoms with Gasteiger partial charge in [0.15, 0.2) is 5.82 Å². The molecule has 1 aromatic carbocycles. The van der Waals surface area contributed by atoms with Gasteiger partial charge in [-0.05, 0) is 53.1 Å². The van der Waals surface area contributed by atoms with E-state index in [9.17, 15) is 0 Å².